The number of hydrogen-bond donors (Lipinski definition) is 1. The molecular formula is C21H23FN2O2S. The standard InChI is InChI=1S/C21H23FN2O2S/c1-2-4-18-20(25)23-17(19-5-3-10-27-19)12-24(18)21(26)16-11-15(16)13-6-8-14(22)9-7-13/h3,5-10,15-18H,2,4,11-12H2,1H3,(H,23,25)/t15-,16+,17+,18-/m0/s1. The average Bonchev–Trinajstić information content (AvgIpc) is 3.27. The molecule has 0 radical (unpaired) electrons. The minimum Gasteiger partial charge on any atom is -0.345 e. The number of amides is 2. The smallest absolute Gasteiger partial charge is 0.243 e. The number of halogens is 1. The van der Waals surface area contributed by atoms with Gasteiger partial charge >= 0.3 is 0 Å². The Morgan fingerprint density at radius 2 is 2.07 bits per heavy atom. The molecule has 0 spiro atoms. The molecule has 1 aliphatic carbocycles. The van der Waals surface area contributed by atoms with Crippen LogP contribution in [0.2, 0.25) is 0 Å². The van der Waals surface area contributed by atoms with Crippen molar-refractivity contribution in [1.82, 2.24) is 10.2 Å². The topological polar surface area (TPSA) is 49.4 Å². The number of benzene rings is 1. The Bertz CT molecular complexity index is 821. The molecule has 1 saturated carbocycles. The van der Waals surface area contributed by atoms with Gasteiger partial charge in [0.05, 0.1) is 6.04 Å². The van der Waals surface area contributed by atoms with E-state index in [0.29, 0.717) is 13.0 Å². The lowest BCUT2D eigenvalue weighted by Crippen LogP contribution is -2.58. The summed E-state index contributed by atoms with van der Waals surface area (Å²) in [6, 6.07) is 9.82. The van der Waals surface area contributed by atoms with Crippen LogP contribution in [0.15, 0.2) is 41.8 Å². The molecule has 4 rings (SSSR count). The highest BCUT2D eigenvalue weighted by molar-refractivity contribution is 7.10. The van der Waals surface area contributed by atoms with Gasteiger partial charge in [0.1, 0.15) is 11.9 Å². The summed E-state index contributed by atoms with van der Waals surface area (Å²) < 4.78 is 13.2. The molecule has 2 amide bonds. The molecule has 2 heterocycles. The van der Waals surface area contributed by atoms with E-state index in [1.807, 2.05) is 24.4 Å². The van der Waals surface area contributed by atoms with Gasteiger partial charge in [0.25, 0.3) is 0 Å². The number of carbonyl (C=O) groups excluding carboxylic acids is 2. The molecule has 4 atom stereocenters. The normalized spacial score (nSPS) is 27.3. The van der Waals surface area contributed by atoms with Crippen LogP contribution in [0.4, 0.5) is 4.39 Å². The zero-order valence-corrected chi connectivity index (χ0v) is 16.0. The average molecular weight is 386 g/mol. The Balaban J connectivity index is 1.52. The number of nitrogens with one attached hydrogen (secondary N) is 1. The summed E-state index contributed by atoms with van der Waals surface area (Å²) in [5.74, 6) is -0.250. The molecule has 6 heteroatoms. The summed E-state index contributed by atoms with van der Waals surface area (Å²) in [6.45, 7) is 2.54. The summed E-state index contributed by atoms with van der Waals surface area (Å²) in [5, 5.41) is 5.07. The lowest BCUT2D eigenvalue weighted by Gasteiger charge is -2.39. The summed E-state index contributed by atoms with van der Waals surface area (Å²) in [5.41, 5.74) is 0.998. The molecule has 1 aromatic carbocycles. The fourth-order valence-corrected chi connectivity index (χ4v) is 4.76. The van der Waals surface area contributed by atoms with Crippen LogP contribution in [0, 0.1) is 11.7 Å². The monoisotopic (exact) mass is 386 g/mol. The summed E-state index contributed by atoms with van der Waals surface area (Å²) in [4.78, 5) is 28.8. The van der Waals surface area contributed by atoms with Crippen LogP contribution >= 0.6 is 11.3 Å². The van der Waals surface area contributed by atoms with Crippen LogP contribution in [-0.2, 0) is 9.59 Å². The first-order chi connectivity index (χ1) is 13.1. The Morgan fingerprint density at radius 1 is 1.30 bits per heavy atom. The molecule has 1 saturated heterocycles. The summed E-state index contributed by atoms with van der Waals surface area (Å²) in [6.07, 6.45) is 2.28. The van der Waals surface area contributed by atoms with Crippen LogP contribution in [0.3, 0.4) is 0 Å². The second kappa shape index (κ2) is 7.43. The van der Waals surface area contributed by atoms with Crippen LogP contribution in [0.5, 0.6) is 0 Å². The molecular weight excluding hydrogens is 363 g/mol. The van der Waals surface area contributed by atoms with E-state index in [9.17, 15) is 14.0 Å². The molecule has 2 aliphatic rings. The zero-order chi connectivity index (χ0) is 19.0. The fourth-order valence-electron chi connectivity index (χ4n) is 3.99. The van der Waals surface area contributed by atoms with Gasteiger partial charge < -0.3 is 10.2 Å². The third-order valence-electron chi connectivity index (χ3n) is 5.51. The molecule has 1 aliphatic heterocycles. The van der Waals surface area contributed by atoms with Gasteiger partial charge in [-0.3, -0.25) is 9.59 Å². The predicted molar refractivity (Wildman–Crippen MR) is 103 cm³/mol. The molecule has 2 aromatic rings. The van der Waals surface area contributed by atoms with Crippen LogP contribution in [0.1, 0.15) is 48.6 Å². The van der Waals surface area contributed by atoms with E-state index < -0.39 is 6.04 Å². The van der Waals surface area contributed by atoms with Crippen molar-refractivity contribution < 1.29 is 14.0 Å². The zero-order valence-electron chi connectivity index (χ0n) is 15.2. The van der Waals surface area contributed by atoms with Gasteiger partial charge in [-0.1, -0.05) is 31.5 Å². The fraction of sp³-hybridized carbons (Fsp3) is 0.429. The molecule has 0 unspecified atom stereocenters. The molecule has 0 bridgehead atoms. The first-order valence-electron chi connectivity index (χ1n) is 9.48. The molecule has 2 fully saturated rings. The second-order valence-corrected chi connectivity index (χ2v) is 8.35. The maximum Gasteiger partial charge on any atom is 0.243 e. The predicted octanol–water partition coefficient (Wildman–Crippen LogP) is 3.86. The Hall–Kier alpha value is -2.21. The van der Waals surface area contributed by atoms with Crippen LogP contribution in [-0.4, -0.2) is 29.3 Å². The van der Waals surface area contributed by atoms with Crippen molar-refractivity contribution in [3.05, 3.63) is 58.0 Å². The van der Waals surface area contributed by atoms with E-state index in [-0.39, 0.29) is 35.5 Å². The maximum atomic E-state index is 13.2. The number of nitrogens with zero attached hydrogens (tertiary/aromatic N) is 1. The number of thiophene rings is 1. The van der Waals surface area contributed by atoms with Crippen molar-refractivity contribution in [2.24, 2.45) is 5.92 Å². The van der Waals surface area contributed by atoms with Crippen molar-refractivity contribution in [2.75, 3.05) is 6.54 Å². The van der Waals surface area contributed by atoms with Gasteiger partial charge in [0, 0.05) is 17.3 Å². The highest BCUT2D eigenvalue weighted by Gasteiger charge is 2.49. The molecule has 4 nitrogen and oxygen atoms in total. The van der Waals surface area contributed by atoms with Crippen molar-refractivity contribution in [1.29, 1.82) is 0 Å². The third kappa shape index (κ3) is 3.63. The molecule has 1 aromatic heterocycles. The first-order valence-corrected chi connectivity index (χ1v) is 10.4. The van der Waals surface area contributed by atoms with E-state index >= 15 is 0 Å². The molecule has 142 valence electrons. The number of rotatable bonds is 5. The minimum atomic E-state index is -0.395. The highest BCUT2D eigenvalue weighted by atomic mass is 32.1. The van der Waals surface area contributed by atoms with Crippen molar-refractivity contribution in [3.8, 4) is 0 Å². The van der Waals surface area contributed by atoms with E-state index in [4.69, 9.17) is 0 Å². The number of hydrogen-bond acceptors (Lipinski definition) is 3. The Kier molecular flexibility index (Phi) is 5.00. The molecule has 27 heavy (non-hydrogen) atoms. The van der Waals surface area contributed by atoms with Gasteiger partial charge in [-0.05, 0) is 47.9 Å². The first kappa shape index (κ1) is 18.2. The van der Waals surface area contributed by atoms with E-state index in [1.165, 1.54) is 12.1 Å². The van der Waals surface area contributed by atoms with E-state index in [1.54, 1.807) is 28.4 Å². The van der Waals surface area contributed by atoms with Crippen molar-refractivity contribution >= 4 is 23.2 Å². The molecule has 1 N–H and O–H groups in total. The summed E-state index contributed by atoms with van der Waals surface area (Å²) >= 11 is 1.59. The number of piperazine rings is 1. The van der Waals surface area contributed by atoms with Gasteiger partial charge in [0.15, 0.2) is 0 Å². The summed E-state index contributed by atoms with van der Waals surface area (Å²) in [7, 11) is 0. The minimum absolute atomic E-state index is 0.0548. The quantitative estimate of drug-likeness (QED) is 0.848. The Labute approximate surface area is 162 Å². The number of carbonyl (C=O) groups is 2. The van der Waals surface area contributed by atoms with Crippen molar-refractivity contribution in [2.45, 2.75) is 44.2 Å². The van der Waals surface area contributed by atoms with Crippen molar-refractivity contribution in [3.63, 3.8) is 0 Å². The van der Waals surface area contributed by atoms with Gasteiger partial charge in [-0.15, -0.1) is 11.3 Å². The SMILES string of the molecule is CCC[C@H]1C(=O)N[C@@H](c2cccs2)CN1C(=O)[C@@H]1C[C@H]1c1ccc(F)cc1. The van der Waals surface area contributed by atoms with Gasteiger partial charge in [0.2, 0.25) is 11.8 Å². The second-order valence-electron chi connectivity index (χ2n) is 7.37. The largest absolute Gasteiger partial charge is 0.345 e. The van der Waals surface area contributed by atoms with Crippen LogP contribution < -0.4 is 5.32 Å². The van der Waals surface area contributed by atoms with Gasteiger partial charge in [-0.25, -0.2) is 4.39 Å². The third-order valence-corrected chi connectivity index (χ3v) is 6.50. The highest BCUT2D eigenvalue weighted by Crippen LogP contribution is 2.49. The van der Waals surface area contributed by atoms with Gasteiger partial charge in [-0.2, -0.15) is 0 Å². The Morgan fingerprint density at radius 3 is 2.74 bits per heavy atom. The lowest BCUT2D eigenvalue weighted by molar-refractivity contribution is -0.146. The maximum absolute atomic E-state index is 13.2. The van der Waals surface area contributed by atoms with E-state index in [2.05, 4.69) is 5.32 Å². The van der Waals surface area contributed by atoms with Crippen LogP contribution in [0.25, 0.3) is 0 Å². The lowest BCUT2D eigenvalue weighted by atomic mass is 10.0. The van der Waals surface area contributed by atoms with E-state index in [0.717, 1.165) is 23.3 Å².